The van der Waals surface area contributed by atoms with Crippen LogP contribution in [-0.4, -0.2) is 23.2 Å². The van der Waals surface area contributed by atoms with Gasteiger partial charge in [-0.25, -0.2) is 14.2 Å². The van der Waals surface area contributed by atoms with Crippen molar-refractivity contribution in [3.8, 4) is 17.2 Å². The first-order valence-corrected chi connectivity index (χ1v) is 9.48. The van der Waals surface area contributed by atoms with Crippen LogP contribution in [0.4, 0.5) is 15.9 Å². The first kappa shape index (κ1) is 20.2. The van der Waals surface area contributed by atoms with E-state index in [0.717, 1.165) is 10.8 Å². The first-order valence-electron chi connectivity index (χ1n) is 9.48. The highest BCUT2D eigenvalue weighted by molar-refractivity contribution is 5.92. The maximum absolute atomic E-state index is 13.3. The molecule has 3 aromatic carbocycles. The third-order valence-electron chi connectivity index (χ3n) is 4.78. The molecule has 31 heavy (non-hydrogen) atoms. The topological polar surface area (TPSA) is 80.7 Å². The molecule has 1 heterocycles. The highest BCUT2D eigenvalue weighted by atomic mass is 19.1. The summed E-state index contributed by atoms with van der Waals surface area (Å²) in [6.07, 6.45) is 1.60. The zero-order valence-electron chi connectivity index (χ0n) is 16.6. The number of pyridine rings is 1. The van der Waals surface area contributed by atoms with Gasteiger partial charge in [-0.2, -0.15) is 0 Å². The molecule has 4 rings (SSSR count). The van der Waals surface area contributed by atoms with Gasteiger partial charge in [-0.15, -0.1) is 0 Å². The van der Waals surface area contributed by atoms with Crippen molar-refractivity contribution in [2.45, 2.75) is 6.67 Å². The van der Waals surface area contributed by atoms with E-state index in [1.807, 2.05) is 24.3 Å². The van der Waals surface area contributed by atoms with Crippen LogP contribution in [0.2, 0.25) is 0 Å². The molecule has 0 amide bonds. The maximum Gasteiger partial charge on any atom is 0.339 e. The number of hydrogen-bond donors (Lipinski definition) is 2. The molecule has 0 saturated heterocycles. The van der Waals surface area contributed by atoms with Crippen LogP contribution in [0.3, 0.4) is 0 Å². The van der Waals surface area contributed by atoms with Crippen molar-refractivity contribution in [3.05, 3.63) is 84.1 Å². The van der Waals surface area contributed by atoms with E-state index in [0.29, 0.717) is 28.6 Å². The lowest BCUT2D eigenvalue weighted by molar-refractivity contribution is 0.0693. The lowest BCUT2D eigenvalue weighted by Gasteiger charge is -2.13. The zero-order chi connectivity index (χ0) is 21.8. The molecule has 1 aromatic heterocycles. The lowest BCUT2D eigenvalue weighted by Crippen LogP contribution is -2.01. The Morgan fingerprint density at radius 3 is 2.58 bits per heavy atom. The molecule has 0 atom stereocenters. The van der Waals surface area contributed by atoms with Gasteiger partial charge in [0.25, 0.3) is 0 Å². The zero-order valence-corrected chi connectivity index (χ0v) is 16.6. The van der Waals surface area contributed by atoms with Crippen LogP contribution in [0, 0.1) is 0 Å². The number of carbonyl (C=O) groups is 1. The van der Waals surface area contributed by atoms with Gasteiger partial charge in [-0.05, 0) is 35.2 Å². The number of hydrogen-bond acceptors (Lipinski definition) is 5. The molecule has 0 radical (unpaired) electrons. The summed E-state index contributed by atoms with van der Waals surface area (Å²) in [6, 6.07) is 19.1. The Morgan fingerprint density at radius 2 is 1.84 bits per heavy atom. The fourth-order valence-electron chi connectivity index (χ4n) is 3.30. The molecule has 0 unspecified atom stereocenters. The van der Waals surface area contributed by atoms with Crippen molar-refractivity contribution in [3.63, 3.8) is 0 Å². The molecule has 0 aliphatic rings. The number of halogens is 1. The normalized spacial score (nSPS) is 10.6. The number of aromatic carboxylic acids is 1. The number of ether oxygens (including phenoxy) is 2. The van der Waals surface area contributed by atoms with E-state index >= 15 is 0 Å². The van der Waals surface area contributed by atoms with E-state index in [-0.39, 0.29) is 11.3 Å². The number of carboxylic acids is 1. The summed E-state index contributed by atoms with van der Waals surface area (Å²) in [7, 11) is 1.41. The van der Waals surface area contributed by atoms with Crippen LogP contribution < -0.4 is 14.8 Å². The Labute approximate surface area is 177 Å². The van der Waals surface area contributed by atoms with Gasteiger partial charge in [-0.1, -0.05) is 30.3 Å². The number of nitrogens with one attached hydrogen (secondary N) is 1. The Morgan fingerprint density at radius 1 is 1.03 bits per heavy atom. The number of benzene rings is 3. The minimum Gasteiger partial charge on any atom is -0.496 e. The first-order chi connectivity index (χ1) is 15.1. The van der Waals surface area contributed by atoms with E-state index in [1.54, 1.807) is 42.6 Å². The number of carboxylic acid groups (broad SMARTS) is 1. The summed E-state index contributed by atoms with van der Waals surface area (Å²) in [5.74, 6) is 0.835. The second-order valence-corrected chi connectivity index (χ2v) is 6.73. The van der Waals surface area contributed by atoms with Gasteiger partial charge in [0.15, 0.2) is 0 Å². The van der Waals surface area contributed by atoms with Crippen LogP contribution in [-0.2, 0) is 6.67 Å². The Kier molecular flexibility index (Phi) is 5.66. The summed E-state index contributed by atoms with van der Waals surface area (Å²) in [4.78, 5) is 15.5. The quantitative estimate of drug-likeness (QED) is 0.386. The van der Waals surface area contributed by atoms with Crippen LogP contribution in [0.5, 0.6) is 17.2 Å². The van der Waals surface area contributed by atoms with E-state index in [4.69, 9.17) is 9.47 Å². The fraction of sp³-hybridized carbons (Fsp3) is 0.0833. The van der Waals surface area contributed by atoms with Gasteiger partial charge in [0.05, 0.1) is 7.11 Å². The van der Waals surface area contributed by atoms with Crippen LogP contribution >= 0.6 is 0 Å². The summed E-state index contributed by atoms with van der Waals surface area (Å²) in [5, 5.41) is 13.9. The Balaban J connectivity index is 1.60. The van der Waals surface area contributed by atoms with Crippen LogP contribution in [0.1, 0.15) is 15.9 Å². The van der Waals surface area contributed by atoms with E-state index in [2.05, 4.69) is 10.3 Å². The highest BCUT2D eigenvalue weighted by Gasteiger charge is 2.12. The number of methoxy groups -OCH3 is 1. The fourth-order valence-corrected chi connectivity index (χ4v) is 3.30. The van der Waals surface area contributed by atoms with Gasteiger partial charge >= 0.3 is 5.97 Å². The number of alkyl halides is 1. The van der Waals surface area contributed by atoms with Crippen LogP contribution in [0.25, 0.3) is 10.8 Å². The number of fused-ring (bicyclic) bond motifs is 1. The van der Waals surface area contributed by atoms with Gasteiger partial charge in [-0.3, -0.25) is 0 Å². The highest BCUT2D eigenvalue weighted by Crippen LogP contribution is 2.33. The van der Waals surface area contributed by atoms with Crippen molar-refractivity contribution in [1.82, 2.24) is 4.98 Å². The molecule has 7 heteroatoms. The second-order valence-electron chi connectivity index (χ2n) is 6.73. The molecule has 0 spiro atoms. The Bertz CT molecular complexity index is 1260. The van der Waals surface area contributed by atoms with Gasteiger partial charge in [0.1, 0.15) is 35.3 Å². The van der Waals surface area contributed by atoms with Gasteiger partial charge < -0.3 is 19.9 Å². The van der Waals surface area contributed by atoms with Crippen molar-refractivity contribution < 1.29 is 23.8 Å². The molecule has 6 nitrogen and oxygen atoms in total. The molecular formula is C24H19FN2O4. The van der Waals surface area contributed by atoms with E-state index in [9.17, 15) is 14.3 Å². The summed E-state index contributed by atoms with van der Waals surface area (Å²) in [5.41, 5.74) is 1.30. The van der Waals surface area contributed by atoms with Gasteiger partial charge in [0.2, 0.25) is 0 Å². The summed E-state index contributed by atoms with van der Waals surface area (Å²) >= 11 is 0. The average Bonchev–Trinajstić information content (AvgIpc) is 2.79. The minimum absolute atomic E-state index is 0.0710. The number of rotatable bonds is 7. The Hall–Kier alpha value is -4.13. The third kappa shape index (κ3) is 4.25. The molecule has 4 aromatic rings. The number of nitrogens with zero attached hydrogens (tertiary/aromatic N) is 1. The van der Waals surface area contributed by atoms with Crippen molar-refractivity contribution in [1.29, 1.82) is 0 Å². The number of aromatic nitrogens is 1. The maximum atomic E-state index is 13.3. The third-order valence-corrected chi connectivity index (χ3v) is 4.78. The SMILES string of the molecule is COc1cc(Nc2cc(Oc3ccc(CF)c4ccccc34)ccn2)ccc1C(=O)O. The molecule has 156 valence electrons. The standard InChI is InChI=1S/C24H19FN2O4/c1-30-22-12-16(7-8-20(22)24(28)29)27-23-13-17(10-11-26-23)31-21-9-6-15(14-25)18-4-2-3-5-19(18)21/h2-13H,14H2,1H3,(H,26,27)(H,28,29). The average molecular weight is 418 g/mol. The molecule has 2 N–H and O–H groups in total. The summed E-state index contributed by atoms with van der Waals surface area (Å²) in [6.45, 7) is -0.547. The molecule has 0 fully saturated rings. The van der Waals surface area contributed by atoms with Crippen molar-refractivity contribution >= 4 is 28.2 Å². The predicted octanol–water partition coefficient (Wildman–Crippen LogP) is 5.95. The predicted molar refractivity (Wildman–Crippen MR) is 116 cm³/mol. The van der Waals surface area contributed by atoms with Gasteiger partial charge in [0, 0.05) is 29.4 Å². The minimum atomic E-state index is -1.07. The summed E-state index contributed by atoms with van der Waals surface area (Å²) < 4.78 is 24.5. The molecule has 0 saturated carbocycles. The lowest BCUT2D eigenvalue weighted by atomic mass is 10.0. The van der Waals surface area contributed by atoms with Crippen molar-refractivity contribution in [2.24, 2.45) is 0 Å². The van der Waals surface area contributed by atoms with E-state index < -0.39 is 12.6 Å². The van der Waals surface area contributed by atoms with Crippen molar-refractivity contribution in [2.75, 3.05) is 12.4 Å². The number of anilines is 2. The molecule has 0 aliphatic heterocycles. The molecular weight excluding hydrogens is 399 g/mol. The largest absolute Gasteiger partial charge is 0.496 e. The smallest absolute Gasteiger partial charge is 0.339 e. The monoisotopic (exact) mass is 418 g/mol. The van der Waals surface area contributed by atoms with E-state index in [1.165, 1.54) is 13.2 Å². The molecule has 0 bridgehead atoms. The second kappa shape index (κ2) is 8.71. The molecule has 0 aliphatic carbocycles. The van der Waals surface area contributed by atoms with Crippen LogP contribution in [0.15, 0.2) is 72.9 Å².